The first-order chi connectivity index (χ1) is 9.16. The van der Waals surface area contributed by atoms with E-state index in [0.717, 1.165) is 16.8 Å². The molecule has 1 heterocycles. The van der Waals surface area contributed by atoms with Crippen LogP contribution in [0.4, 0.5) is 0 Å². The highest BCUT2D eigenvalue weighted by atomic mass is 16.3. The van der Waals surface area contributed by atoms with E-state index in [1.54, 1.807) is 10.9 Å². The third-order valence-electron chi connectivity index (χ3n) is 4.37. The fourth-order valence-electron chi connectivity index (χ4n) is 2.69. The lowest BCUT2D eigenvalue weighted by atomic mass is 9.79. The minimum atomic E-state index is -0.575. The Kier molecular flexibility index (Phi) is 3.15. The second-order valence-electron chi connectivity index (χ2n) is 5.51. The van der Waals surface area contributed by atoms with Crippen molar-refractivity contribution in [3.8, 4) is 0 Å². The number of nitrogens with zero attached hydrogens (tertiary/aromatic N) is 2. The first-order valence-electron chi connectivity index (χ1n) is 6.93. The Morgan fingerprint density at radius 2 is 2.16 bits per heavy atom. The highest BCUT2D eigenvalue weighted by Gasteiger charge is 2.21. The molecular formula is C16H20N2O. The first-order valence-corrected chi connectivity index (χ1v) is 6.93. The highest BCUT2D eigenvalue weighted by Crippen LogP contribution is 2.37. The van der Waals surface area contributed by atoms with Gasteiger partial charge in [-0.15, -0.1) is 0 Å². The monoisotopic (exact) mass is 256 g/mol. The molecule has 2 aromatic rings. The Hall–Kier alpha value is -1.61. The Labute approximate surface area is 113 Å². The maximum atomic E-state index is 10.5. The van der Waals surface area contributed by atoms with E-state index in [9.17, 15) is 5.11 Å². The van der Waals surface area contributed by atoms with Crippen molar-refractivity contribution >= 4 is 0 Å². The summed E-state index contributed by atoms with van der Waals surface area (Å²) in [7, 11) is 1.90. The number of aromatic nitrogens is 2. The molecule has 0 bridgehead atoms. The van der Waals surface area contributed by atoms with Crippen LogP contribution >= 0.6 is 0 Å². The summed E-state index contributed by atoms with van der Waals surface area (Å²) in [6.07, 6.45) is 5.08. The van der Waals surface area contributed by atoms with E-state index >= 15 is 0 Å². The fraction of sp³-hybridized carbons (Fsp3) is 0.438. The van der Waals surface area contributed by atoms with E-state index < -0.39 is 6.10 Å². The van der Waals surface area contributed by atoms with Crippen LogP contribution in [0.15, 0.2) is 30.5 Å². The maximum Gasteiger partial charge on any atom is 0.107 e. The van der Waals surface area contributed by atoms with Crippen LogP contribution in [0.25, 0.3) is 0 Å². The van der Waals surface area contributed by atoms with Gasteiger partial charge in [-0.3, -0.25) is 4.68 Å². The number of hydrogen-bond donors (Lipinski definition) is 1. The summed E-state index contributed by atoms with van der Waals surface area (Å²) >= 11 is 0. The molecule has 1 fully saturated rings. The zero-order valence-corrected chi connectivity index (χ0v) is 11.5. The Morgan fingerprint density at radius 1 is 1.37 bits per heavy atom. The quantitative estimate of drug-likeness (QED) is 0.916. The lowest BCUT2D eigenvalue weighted by molar-refractivity contribution is 0.219. The molecule has 1 aliphatic rings. The van der Waals surface area contributed by atoms with E-state index in [-0.39, 0.29) is 0 Å². The van der Waals surface area contributed by atoms with Crippen LogP contribution in [0.1, 0.15) is 53.7 Å². The van der Waals surface area contributed by atoms with Crippen LogP contribution in [-0.4, -0.2) is 14.9 Å². The predicted molar refractivity (Wildman–Crippen MR) is 75.0 cm³/mol. The van der Waals surface area contributed by atoms with Gasteiger partial charge < -0.3 is 5.11 Å². The van der Waals surface area contributed by atoms with Crippen molar-refractivity contribution < 1.29 is 5.11 Å². The van der Waals surface area contributed by atoms with Gasteiger partial charge in [0.2, 0.25) is 0 Å². The summed E-state index contributed by atoms with van der Waals surface area (Å²) in [6, 6.07) is 8.38. The Bertz CT molecular complexity index is 584. The average molecular weight is 256 g/mol. The van der Waals surface area contributed by atoms with Gasteiger partial charge in [-0.2, -0.15) is 5.10 Å². The summed E-state index contributed by atoms with van der Waals surface area (Å²) in [6.45, 7) is 1.99. The predicted octanol–water partition coefficient (Wildman–Crippen LogP) is 3.08. The van der Waals surface area contributed by atoms with E-state index in [2.05, 4.69) is 23.3 Å². The van der Waals surface area contributed by atoms with Gasteiger partial charge in [0.25, 0.3) is 0 Å². The van der Waals surface area contributed by atoms with E-state index in [0.29, 0.717) is 5.92 Å². The van der Waals surface area contributed by atoms with Crippen molar-refractivity contribution in [1.82, 2.24) is 9.78 Å². The number of rotatable bonds is 3. The smallest absolute Gasteiger partial charge is 0.107 e. The van der Waals surface area contributed by atoms with Crippen molar-refractivity contribution in [2.75, 3.05) is 0 Å². The van der Waals surface area contributed by atoms with Crippen molar-refractivity contribution in [3.63, 3.8) is 0 Å². The van der Waals surface area contributed by atoms with Crippen molar-refractivity contribution in [3.05, 3.63) is 52.8 Å². The Balaban J connectivity index is 1.90. The molecule has 0 saturated heterocycles. The molecule has 0 radical (unpaired) electrons. The van der Waals surface area contributed by atoms with Crippen molar-refractivity contribution in [2.24, 2.45) is 7.05 Å². The summed E-state index contributed by atoms with van der Waals surface area (Å²) in [5, 5.41) is 14.7. The molecule has 0 spiro atoms. The van der Waals surface area contributed by atoms with E-state index in [1.165, 1.54) is 24.8 Å². The maximum absolute atomic E-state index is 10.5. The van der Waals surface area contributed by atoms with Crippen LogP contribution in [0.2, 0.25) is 0 Å². The highest BCUT2D eigenvalue weighted by molar-refractivity contribution is 5.35. The Morgan fingerprint density at radius 3 is 2.74 bits per heavy atom. The molecule has 1 saturated carbocycles. The molecule has 3 heteroatoms. The topological polar surface area (TPSA) is 38.1 Å². The van der Waals surface area contributed by atoms with Crippen LogP contribution in [0.3, 0.4) is 0 Å². The molecule has 19 heavy (non-hydrogen) atoms. The number of hydrogen-bond acceptors (Lipinski definition) is 2. The molecule has 1 aliphatic carbocycles. The lowest BCUT2D eigenvalue weighted by Crippen LogP contribution is -2.10. The van der Waals surface area contributed by atoms with Crippen LogP contribution < -0.4 is 0 Å². The molecular weight excluding hydrogens is 236 g/mol. The fourth-order valence-corrected chi connectivity index (χ4v) is 2.69. The van der Waals surface area contributed by atoms with Crippen LogP contribution in [0, 0.1) is 6.92 Å². The molecule has 1 aromatic heterocycles. The first kappa shape index (κ1) is 12.4. The van der Waals surface area contributed by atoms with Gasteiger partial charge >= 0.3 is 0 Å². The number of aryl methyl sites for hydroxylation is 1. The van der Waals surface area contributed by atoms with Crippen molar-refractivity contribution in [1.29, 1.82) is 0 Å². The van der Waals surface area contributed by atoms with Gasteiger partial charge in [-0.1, -0.05) is 30.7 Å². The SMILES string of the molecule is Cc1c(C(O)c2cccc(C3CCC3)c2)cnn1C. The van der Waals surface area contributed by atoms with E-state index in [1.807, 2.05) is 20.0 Å². The van der Waals surface area contributed by atoms with Gasteiger partial charge in [0.05, 0.1) is 6.20 Å². The molecule has 1 atom stereocenters. The van der Waals surface area contributed by atoms with Gasteiger partial charge in [-0.25, -0.2) is 0 Å². The van der Waals surface area contributed by atoms with Gasteiger partial charge in [0.15, 0.2) is 0 Å². The molecule has 0 amide bonds. The second kappa shape index (κ2) is 4.82. The largest absolute Gasteiger partial charge is 0.384 e. The normalized spacial score (nSPS) is 17.2. The number of aliphatic hydroxyl groups excluding tert-OH is 1. The molecule has 1 aromatic carbocycles. The minimum absolute atomic E-state index is 0.575. The summed E-state index contributed by atoms with van der Waals surface area (Å²) in [4.78, 5) is 0. The zero-order chi connectivity index (χ0) is 13.4. The molecule has 3 nitrogen and oxygen atoms in total. The number of aliphatic hydroxyl groups is 1. The lowest BCUT2D eigenvalue weighted by Gasteiger charge is -2.26. The van der Waals surface area contributed by atoms with E-state index in [4.69, 9.17) is 0 Å². The summed E-state index contributed by atoms with van der Waals surface area (Å²) < 4.78 is 1.80. The van der Waals surface area contributed by atoms with Crippen LogP contribution in [0.5, 0.6) is 0 Å². The molecule has 0 aliphatic heterocycles. The third-order valence-corrected chi connectivity index (χ3v) is 4.37. The summed E-state index contributed by atoms with van der Waals surface area (Å²) in [5.74, 6) is 0.696. The standard InChI is InChI=1S/C16H20N2O/c1-11-15(10-17-18(11)2)16(19)14-8-4-7-13(9-14)12-5-3-6-12/h4,7-10,12,16,19H,3,5-6H2,1-2H3. The average Bonchev–Trinajstić information content (AvgIpc) is 2.68. The molecule has 3 rings (SSSR count). The van der Waals surface area contributed by atoms with Gasteiger partial charge in [-0.05, 0) is 36.8 Å². The molecule has 100 valence electrons. The minimum Gasteiger partial charge on any atom is -0.384 e. The third kappa shape index (κ3) is 2.19. The van der Waals surface area contributed by atoms with Gasteiger partial charge in [0, 0.05) is 18.3 Å². The van der Waals surface area contributed by atoms with Crippen LogP contribution in [-0.2, 0) is 7.05 Å². The van der Waals surface area contributed by atoms with Gasteiger partial charge in [0.1, 0.15) is 6.10 Å². The molecule has 1 N–H and O–H groups in total. The zero-order valence-electron chi connectivity index (χ0n) is 11.5. The summed E-state index contributed by atoms with van der Waals surface area (Å²) in [5.41, 5.74) is 4.25. The number of benzene rings is 1. The second-order valence-corrected chi connectivity index (χ2v) is 5.51. The van der Waals surface area contributed by atoms with Crippen molar-refractivity contribution in [2.45, 2.75) is 38.2 Å². The molecule has 1 unspecified atom stereocenters.